The number of rotatable bonds is 9. The second-order valence-corrected chi connectivity index (χ2v) is 10.7. The van der Waals surface area contributed by atoms with E-state index in [4.69, 9.17) is 0 Å². The maximum absolute atomic E-state index is 13.6. The third-order valence-corrected chi connectivity index (χ3v) is 7.67. The monoisotopic (exact) mass is 543 g/mol. The Balaban J connectivity index is 1.31. The van der Waals surface area contributed by atoms with Crippen LogP contribution in [0, 0.1) is 11.8 Å². The largest absolute Gasteiger partial charge is 0.356 e. The lowest BCUT2D eigenvalue weighted by Gasteiger charge is -2.26. The van der Waals surface area contributed by atoms with Crippen molar-refractivity contribution in [1.82, 2.24) is 25.8 Å². The van der Waals surface area contributed by atoms with Crippen molar-refractivity contribution in [2.45, 2.75) is 44.8 Å². The van der Waals surface area contributed by atoms with E-state index in [0.29, 0.717) is 31.6 Å². The van der Waals surface area contributed by atoms with Crippen molar-refractivity contribution in [3.05, 3.63) is 71.9 Å². The SMILES string of the molecule is C[C@@H]1C[C@@H](C(=O)NC(C[C@@H]2CCNC2=O)C(=O)C(=O)NCc2ccccc2)N(C(=O)c2cc3ccccc3[nH]2)C1. The molecule has 2 saturated heterocycles. The van der Waals surface area contributed by atoms with Crippen LogP contribution in [-0.2, 0) is 25.7 Å². The zero-order valence-corrected chi connectivity index (χ0v) is 22.3. The Hall–Kier alpha value is -4.47. The van der Waals surface area contributed by atoms with Crippen LogP contribution >= 0.6 is 0 Å². The minimum absolute atomic E-state index is 0.00734. The van der Waals surface area contributed by atoms with Crippen LogP contribution in [0.2, 0.25) is 0 Å². The third kappa shape index (κ3) is 5.90. The van der Waals surface area contributed by atoms with E-state index in [1.807, 2.05) is 61.5 Å². The number of aromatic nitrogens is 1. The molecule has 4 N–H and O–H groups in total. The van der Waals surface area contributed by atoms with Crippen molar-refractivity contribution < 1.29 is 24.0 Å². The number of H-pyrrole nitrogens is 1. The molecule has 0 aliphatic carbocycles. The quantitative estimate of drug-likeness (QED) is 0.305. The molecule has 2 aliphatic heterocycles. The molecule has 5 rings (SSSR count). The molecule has 3 heterocycles. The topological polar surface area (TPSA) is 140 Å². The van der Waals surface area contributed by atoms with Crippen molar-refractivity contribution in [2.75, 3.05) is 13.1 Å². The van der Waals surface area contributed by atoms with Crippen molar-refractivity contribution >= 4 is 40.3 Å². The molecule has 0 bridgehead atoms. The predicted octanol–water partition coefficient (Wildman–Crippen LogP) is 1.92. The lowest BCUT2D eigenvalue weighted by atomic mass is 9.95. The fourth-order valence-corrected chi connectivity index (χ4v) is 5.54. The third-order valence-electron chi connectivity index (χ3n) is 7.67. The van der Waals surface area contributed by atoms with Crippen LogP contribution in [-0.4, -0.2) is 64.5 Å². The Morgan fingerprint density at radius 3 is 2.52 bits per heavy atom. The summed E-state index contributed by atoms with van der Waals surface area (Å²) in [6.07, 6.45) is 0.936. The highest BCUT2D eigenvalue weighted by Gasteiger charge is 2.41. The summed E-state index contributed by atoms with van der Waals surface area (Å²) in [4.78, 5) is 70.1. The number of likely N-dealkylation sites (tertiary alicyclic amines) is 1. The first-order chi connectivity index (χ1) is 19.3. The number of Topliss-reactive ketones (excluding diaryl/α,β-unsaturated/α-hetero) is 1. The van der Waals surface area contributed by atoms with E-state index in [2.05, 4.69) is 20.9 Å². The van der Waals surface area contributed by atoms with E-state index in [9.17, 15) is 24.0 Å². The zero-order chi connectivity index (χ0) is 28.2. The fourth-order valence-electron chi connectivity index (χ4n) is 5.54. The summed E-state index contributed by atoms with van der Waals surface area (Å²) in [6, 6.07) is 16.5. The molecule has 4 atom stereocenters. The molecule has 0 spiro atoms. The molecular weight excluding hydrogens is 510 g/mol. The van der Waals surface area contributed by atoms with Crippen LogP contribution < -0.4 is 16.0 Å². The van der Waals surface area contributed by atoms with Gasteiger partial charge in [0, 0.05) is 36.5 Å². The number of carbonyl (C=O) groups is 5. The maximum Gasteiger partial charge on any atom is 0.289 e. The van der Waals surface area contributed by atoms with Gasteiger partial charge in [0.2, 0.25) is 17.6 Å². The number of nitrogens with zero attached hydrogens (tertiary/aromatic N) is 1. The van der Waals surface area contributed by atoms with E-state index < -0.39 is 35.6 Å². The van der Waals surface area contributed by atoms with Crippen molar-refractivity contribution in [2.24, 2.45) is 11.8 Å². The Bertz CT molecular complexity index is 1400. The lowest BCUT2D eigenvalue weighted by molar-refractivity contribution is -0.141. The number of ketones is 1. The van der Waals surface area contributed by atoms with Gasteiger partial charge in [-0.2, -0.15) is 0 Å². The zero-order valence-electron chi connectivity index (χ0n) is 22.3. The first-order valence-corrected chi connectivity index (χ1v) is 13.6. The number of benzene rings is 2. The number of nitrogens with one attached hydrogen (secondary N) is 4. The summed E-state index contributed by atoms with van der Waals surface area (Å²) in [5.41, 5.74) is 2.02. The molecule has 40 heavy (non-hydrogen) atoms. The number of amides is 4. The molecule has 10 nitrogen and oxygen atoms in total. The Labute approximate surface area is 231 Å². The summed E-state index contributed by atoms with van der Waals surface area (Å²) in [5, 5.41) is 8.98. The maximum atomic E-state index is 13.6. The van der Waals surface area contributed by atoms with Crippen LogP contribution in [0.5, 0.6) is 0 Å². The van der Waals surface area contributed by atoms with Gasteiger partial charge in [0.15, 0.2) is 0 Å². The normalized spacial score (nSPS) is 21.2. The second-order valence-electron chi connectivity index (χ2n) is 10.7. The van der Waals surface area contributed by atoms with Crippen LogP contribution in [0.15, 0.2) is 60.7 Å². The van der Waals surface area contributed by atoms with Crippen LogP contribution in [0.25, 0.3) is 10.9 Å². The molecule has 208 valence electrons. The van der Waals surface area contributed by atoms with E-state index in [0.717, 1.165) is 16.5 Å². The fraction of sp³-hybridized carbons (Fsp3) is 0.367. The van der Waals surface area contributed by atoms with Gasteiger partial charge in [-0.05, 0) is 42.9 Å². The van der Waals surface area contributed by atoms with Gasteiger partial charge in [-0.1, -0.05) is 55.5 Å². The molecule has 4 amide bonds. The van der Waals surface area contributed by atoms with E-state index in [1.54, 1.807) is 6.07 Å². The van der Waals surface area contributed by atoms with Gasteiger partial charge in [-0.15, -0.1) is 0 Å². The number of hydrogen-bond acceptors (Lipinski definition) is 5. The highest BCUT2D eigenvalue weighted by molar-refractivity contribution is 6.38. The summed E-state index contributed by atoms with van der Waals surface area (Å²) in [7, 11) is 0. The summed E-state index contributed by atoms with van der Waals surface area (Å²) >= 11 is 0. The second kappa shape index (κ2) is 11.7. The van der Waals surface area contributed by atoms with E-state index in [-0.39, 0.29) is 30.7 Å². The molecule has 1 unspecified atom stereocenters. The minimum atomic E-state index is -1.20. The van der Waals surface area contributed by atoms with Crippen molar-refractivity contribution in [1.29, 1.82) is 0 Å². The van der Waals surface area contributed by atoms with E-state index in [1.165, 1.54) is 4.90 Å². The summed E-state index contributed by atoms with van der Waals surface area (Å²) in [6.45, 7) is 2.98. The molecule has 2 aliphatic rings. The van der Waals surface area contributed by atoms with Gasteiger partial charge in [0.1, 0.15) is 11.7 Å². The minimum Gasteiger partial charge on any atom is -0.356 e. The molecule has 0 radical (unpaired) electrons. The van der Waals surface area contributed by atoms with E-state index >= 15 is 0 Å². The molecule has 3 aromatic rings. The molecule has 2 aromatic carbocycles. The number of aromatic amines is 1. The number of carbonyl (C=O) groups excluding carboxylic acids is 5. The molecule has 2 fully saturated rings. The number of hydrogen-bond donors (Lipinski definition) is 4. The van der Waals surface area contributed by atoms with Gasteiger partial charge in [0.05, 0.1) is 6.04 Å². The van der Waals surface area contributed by atoms with Crippen LogP contribution in [0.4, 0.5) is 0 Å². The average Bonchev–Trinajstić information content (AvgIpc) is 3.69. The Kier molecular flexibility index (Phi) is 7.95. The van der Waals surface area contributed by atoms with Gasteiger partial charge < -0.3 is 25.8 Å². The first-order valence-electron chi connectivity index (χ1n) is 13.6. The van der Waals surface area contributed by atoms with Crippen molar-refractivity contribution in [3.63, 3.8) is 0 Å². The highest BCUT2D eigenvalue weighted by atomic mass is 16.2. The lowest BCUT2D eigenvalue weighted by Crippen LogP contribution is -2.54. The van der Waals surface area contributed by atoms with Gasteiger partial charge in [0.25, 0.3) is 11.8 Å². The van der Waals surface area contributed by atoms with Gasteiger partial charge >= 0.3 is 0 Å². The molecular formula is C30H33N5O5. The van der Waals surface area contributed by atoms with Crippen LogP contribution in [0.3, 0.4) is 0 Å². The van der Waals surface area contributed by atoms with Crippen LogP contribution in [0.1, 0.15) is 42.2 Å². The number of para-hydroxylation sites is 1. The average molecular weight is 544 g/mol. The molecule has 1 aromatic heterocycles. The van der Waals surface area contributed by atoms with Gasteiger partial charge in [-0.25, -0.2) is 0 Å². The standard InChI is InChI=1S/C30H33N5O5/c1-18-13-25(35(17-18)30(40)24-14-20-9-5-6-10-22(20)33-24)28(38)34-23(15-21-11-12-31-27(21)37)26(36)29(39)32-16-19-7-3-2-4-8-19/h2-10,14,18,21,23,25,33H,11-13,15-17H2,1H3,(H,31,37)(H,32,39)(H,34,38)/t18-,21+,23?,25+/m1/s1. The molecule has 0 saturated carbocycles. The summed E-state index contributed by atoms with van der Waals surface area (Å²) in [5.74, 6) is -3.11. The van der Waals surface area contributed by atoms with Crippen molar-refractivity contribution in [3.8, 4) is 0 Å². The smallest absolute Gasteiger partial charge is 0.289 e. The Morgan fingerprint density at radius 1 is 1.05 bits per heavy atom. The first kappa shape index (κ1) is 27.1. The number of fused-ring (bicyclic) bond motifs is 1. The Morgan fingerprint density at radius 2 is 1.80 bits per heavy atom. The van der Waals surface area contributed by atoms with Gasteiger partial charge in [-0.3, -0.25) is 24.0 Å². The highest BCUT2D eigenvalue weighted by Crippen LogP contribution is 2.27. The predicted molar refractivity (Wildman–Crippen MR) is 148 cm³/mol. The molecule has 10 heteroatoms. The summed E-state index contributed by atoms with van der Waals surface area (Å²) < 4.78 is 0.